The third kappa shape index (κ3) is 8.17. The van der Waals surface area contributed by atoms with Crippen LogP contribution in [-0.4, -0.2) is 96.8 Å². The average molecular weight is 581 g/mol. The Morgan fingerprint density at radius 2 is 1.90 bits per heavy atom. The largest absolute Gasteiger partial charge is 0.497 e. The van der Waals surface area contributed by atoms with E-state index < -0.39 is 0 Å². The third-order valence-electron chi connectivity index (χ3n) is 9.31. The van der Waals surface area contributed by atoms with Gasteiger partial charge < -0.3 is 34.5 Å². The first kappa shape index (κ1) is 31.1. The molecule has 232 valence electrons. The highest BCUT2D eigenvalue weighted by Crippen LogP contribution is 2.36. The van der Waals surface area contributed by atoms with Crippen molar-refractivity contribution in [3.63, 3.8) is 0 Å². The van der Waals surface area contributed by atoms with Gasteiger partial charge in [-0.25, -0.2) is 0 Å². The van der Waals surface area contributed by atoms with Crippen LogP contribution in [0.15, 0.2) is 42.5 Å². The van der Waals surface area contributed by atoms with E-state index in [9.17, 15) is 0 Å². The van der Waals surface area contributed by atoms with Crippen LogP contribution >= 0.6 is 0 Å². The molecular formula is C34H52N4O4. The van der Waals surface area contributed by atoms with Gasteiger partial charge in [-0.2, -0.15) is 0 Å². The molecule has 0 aliphatic carbocycles. The number of nitrogens with zero attached hydrogens (tertiary/aromatic N) is 2. The predicted octanol–water partition coefficient (Wildman–Crippen LogP) is 4.28. The van der Waals surface area contributed by atoms with Crippen LogP contribution in [0.2, 0.25) is 0 Å². The van der Waals surface area contributed by atoms with Gasteiger partial charge in [-0.05, 0) is 87.1 Å². The summed E-state index contributed by atoms with van der Waals surface area (Å²) in [5, 5.41) is 7.50. The lowest BCUT2D eigenvalue weighted by atomic mass is 9.79. The molecule has 0 amide bonds. The zero-order valence-electron chi connectivity index (χ0n) is 26.0. The third-order valence-corrected chi connectivity index (χ3v) is 9.31. The molecule has 2 aromatic rings. The summed E-state index contributed by atoms with van der Waals surface area (Å²) in [7, 11) is 3.49. The summed E-state index contributed by atoms with van der Waals surface area (Å²) in [5.41, 5.74) is 3.67. The van der Waals surface area contributed by atoms with Crippen molar-refractivity contribution in [3.8, 4) is 11.5 Å². The van der Waals surface area contributed by atoms with Gasteiger partial charge in [-0.15, -0.1) is 0 Å². The standard InChI is InChI=1S/C34H52N4O4/c1-26-7-4-5-15-37(26)17-14-35-22-29-23-36-24-33(34(29)28-9-11-30(40-3)12-10-28)42-25-27-8-13-32-31(21-27)38(18-20-41-32)16-6-19-39-2/h8-13,21,26,29,33-36H,4-7,14-20,22-25H2,1-3H3/t26-,29?,33-,34-/m0/s1. The Morgan fingerprint density at radius 1 is 1.02 bits per heavy atom. The molecule has 0 radical (unpaired) electrons. The molecule has 0 spiro atoms. The lowest BCUT2D eigenvalue weighted by molar-refractivity contribution is -0.00598. The molecule has 0 bridgehead atoms. The zero-order chi connectivity index (χ0) is 29.1. The molecule has 2 fully saturated rings. The summed E-state index contributed by atoms with van der Waals surface area (Å²) in [4.78, 5) is 5.06. The number of nitrogens with one attached hydrogen (secondary N) is 2. The van der Waals surface area contributed by atoms with Gasteiger partial charge >= 0.3 is 0 Å². The molecule has 3 heterocycles. The van der Waals surface area contributed by atoms with E-state index in [1.165, 1.54) is 36.9 Å². The van der Waals surface area contributed by atoms with Gasteiger partial charge in [0.25, 0.3) is 0 Å². The Labute approximate surface area is 253 Å². The first-order chi connectivity index (χ1) is 20.7. The smallest absolute Gasteiger partial charge is 0.142 e. The molecule has 8 heteroatoms. The van der Waals surface area contributed by atoms with E-state index in [-0.39, 0.29) is 6.10 Å². The molecular weight excluding hydrogens is 528 g/mol. The number of piperidine rings is 2. The summed E-state index contributed by atoms with van der Waals surface area (Å²) in [6, 6.07) is 15.8. The van der Waals surface area contributed by atoms with E-state index in [1.54, 1.807) is 14.2 Å². The van der Waals surface area contributed by atoms with Crippen molar-refractivity contribution in [3.05, 3.63) is 53.6 Å². The lowest BCUT2D eigenvalue weighted by Gasteiger charge is -2.39. The number of hydrogen-bond donors (Lipinski definition) is 2. The van der Waals surface area contributed by atoms with Crippen molar-refractivity contribution in [1.82, 2.24) is 15.5 Å². The van der Waals surface area contributed by atoms with Crippen molar-refractivity contribution in [1.29, 1.82) is 0 Å². The van der Waals surface area contributed by atoms with Crippen molar-refractivity contribution in [2.24, 2.45) is 5.92 Å². The van der Waals surface area contributed by atoms with Crippen LogP contribution in [0, 0.1) is 5.92 Å². The van der Waals surface area contributed by atoms with Gasteiger partial charge in [0.1, 0.15) is 18.1 Å². The minimum atomic E-state index is 0.0751. The highest BCUT2D eigenvalue weighted by Gasteiger charge is 2.35. The van der Waals surface area contributed by atoms with Crippen LogP contribution in [0.3, 0.4) is 0 Å². The fourth-order valence-electron chi connectivity index (χ4n) is 6.89. The summed E-state index contributed by atoms with van der Waals surface area (Å²) in [6.07, 6.45) is 5.11. The minimum absolute atomic E-state index is 0.0751. The number of ether oxygens (including phenoxy) is 4. The van der Waals surface area contributed by atoms with Crippen LogP contribution < -0.4 is 25.0 Å². The van der Waals surface area contributed by atoms with Crippen molar-refractivity contribution in [2.45, 2.75) is 57.3 Å². The number of benzene rings is 2. The number of anilines is 1. The Bertz CT molecular complexity index is 1080. The number of hydrogen-bond acceptors (Lipinski definition) is 8. The van der Waals surface area contributed by atoms with Crippen molar-refractivity contribution < 1.29 is 18.9 Å². The predicted molar refractivity (Wildman–Crippen MR) is 169 cm³/mol. The second-order valence-corrected chi connectivity index (χ2v) is 12.1. The molecule has 8 nitrogen and oxygen atoms in total. The van der Waals surface area contributed by atoms with Gasteiger partial charge in [0.2, 0.25) is 0 Å². The van der Waals surface area contributed by atoms with E-state index in [1.807, 2.05) is 0 Å². The second-order valence-electron chi connectivity index (χ2n) is 12.1. The average Bonchev–Trinajstić information content (AvgIpc) is 3.03. The quantitative estimate of drug-likeness (QED) is 0.321. The van der Waals surface area contributed by atoms with Gasteiger partial charge in [0, 0.05) is 51.9 Å². The maximum absolute atomic E-state index is 6.75. The maximum Gasteiger partial charge on any atom is 0.142 e. The second kappa shape index (κ2) is 15.9. The van der Waals surface area contributed by atoms with Crippen LogP contribution in [0.5, 0.6) is 11.5 Å². The number of likely N-dealkylation sites (tertiary alicyclic amines) is 1. The van der Waals surface area contributed by atoms with Gasteiger partial charge in [-0.1, -0.05) is 24.6 Å². The van der Waals surface area contributed by atoms with Gasteiger partial charge in [-0.3, -0.25) is 4.90 Å². The SMILES string of the molecule is COCCCN1CCOc2ccc(CO[C@H]3CNCC(CNCCN4CCCC[C@@H]4C)[C@@H]3c3ccc(OC)cc3)cc21. The van der Waals surface area contributed by atoms with Crippen molar-refractivity contribution in [2.75, 3.05) is 84.7 Å². The number of methoxy groups -OCH3 is 2. The molecule has 2 aromatic carbocycles. The fraction of sp³-hybridized carbons (Fsp3) is 0.647. The first-order valence-corrected chi connectivity index (χ1v) is 16.1. The number of rotatable bonds is 14. The number of fused-ring (bicyclic) bond motifs is 1. The highest BCUT2D eigenvalue weighted by atomic mass is 16.5. The molecule has 0 saturated carbocycles. The van der Waals surface area contributed by atoms with Crippen LogP contribution in [-0.2, 0) is 16.1 Å². The van der Waals surface area contributed by atoms with Gasteiger partial charge in [0.05, 0.1) is 32.1 Å². The highest BCUT2D eigenvalue weighted by molar-refractivity contribution is 5.61. The molecule has 3 aliphatic rings. The molecule has 1 unspecified atom stereocenters. The summed E-state index contributed by atoms with van der Waals surface area (Å²) in [6.45, 7) is 12.5. The van der Waals surface area contributed by atoms with Crippen LogP contribution in [0.25, 0.3) is 0 Å². The Kier molecular flexibility index (Phi) is 11.8. The maximum atomic E-state index is 6.75. The van der Waals surface area contributed by atoms with E-state index in [4.69, 9.17) is 18.9 Å². The van der Waals surface area contributed by atoms with E-state index in [0.29, 0.717) is 24.5 Å². The summed E-state index contributed by atoms with van der Waals surface area (Å²) >= 11 is 0. The first-order valence-electron chi connectivity index (χ1n) is 16.1. The van der Waals surface area contributed by atoms with E-state index >= 15 is 0 Å². The monoisotopic (exact) mass is 580 g/mol. The Balaban J connectivity index is 1.24. The van der Waals surface area contributed by atoms with E-state index in [0.717, 1.165) is 82.6 Å². The molecule has 5 rings (SSSR count). The van der Waals surface area contributed by atoms with Gasteiger partial charge in [0.15, 0.2) is 0 Å². The molecule has 2 saturated heterocycles. The molecule has 0 aromatic heterocycles. The van der Waals surface area contributed by atoms with Crippen molar-refractivity contribution >= 4 is 5.69 Å². The Hall–Kier alpha value is -2.36. The zero-order valence-corrected chi connectivity index (χ0v) is 26.0. The Morgan fingerprint density at radius 3 is 2.71 bits per heavy atom. The molecule has 3 aliphatic heterocycles. The summed E-state index contributed by atoms with van der Waals surface area (Å²) in [5.74, 6) is 2.58. The van der Waals surface area contributed by atoms with E-state index in [2.05, 4.69) is 69.8 Å². The topological polar surface area (TPSA) is 67.5 Å². The summed E-state index contributed by atoms with van der Waals surface area (Å²) < 4.78 is 23.5. The molecule has 4 atom stereocenters. The normalized spacial score (nSPS) is 24.7. The molecule has 2 N–H and O–H groups in total. The molecule has 42 heavy (non-hydrogen) atoms. The lowest BCUT2D eigenvalue weighted by Crippen LogP contribution is -2.50. The van der Waals surface area contributed by atoms with Crippen LogP contribution in [0.1, 0.15) is 49.7 Å². The van der Waals surface area contributed by atoms with Crippen LogP contribution in [0.4, 0.5) is 5.69 Å². The minimum Gasteiger partial charge on any atom is -0.497 e. The fourth-order valence-corrected chi connectivity index (χ4v) is 6.89.